The molecule has 1 rings (SSSR count). The quantitative estimate of drug-likeness (QED) is 0.707. The molecule has 0 radical (unpaired) electrons. The normalized spacial score (nSPS) is 11.1. The van der Waals surface area contributed by atoms with Crippen LogP contribution in [0, 0.1) is 5.92 Å². The first-order valence-corrected chi connectivity index (χ1v) is 4.94. The highest BCUT2D eigenvalue weighted by molar-refractivity contribution is 5.03. The number of nitrogens with zero attached hydrogens (tertiary/aromatic N) is 1. The molecule has 0 bridgehead atoms. The lowest BCUT2D eigenvalue weighted by Crippen LogP contribution is -1.98. The van der Waals surface area contributed by atoms with E-state index in [1.54, 1.807) is 0 Å². The first-order valence-electron chi connectivity index (χ1n) is 4.94. The fraction of sp³-hybridized carbons (Fsp3) is 0.700. The molecule has 0 fully saturated rings. The molecule has 4 nitrogen and oxygen atoms in total. The zero-order valence-electron chi connectivity index (χ0n) is 8.82. The van der Waals surface area contributed by atoms with Crippen molar-refractivity contribution in [2.45, 2.75) is 33.4 Å². The van der Waals surface area contributed by atoms with Crippen LogP contribution in [-0.2, 0) is 17.9 Å². The van der Waals surface area contributed by atoms with Crippen LogP contribution in [-0.4, -0.2) is 11.8 Å². The maximum atomic E-state index is 5.41. The Morgan fingerprint density at radius 3 is 2.93 bits per heavy atom. The van der Waals surface area contributed by atoms with Gasteiger partial charge in [-0.3, -0.25) is 0 Å². The number of aromatic nitrogens is 1. The third-order valence-corrected chi connectivity index (χ3v) is 1.90. The fourth-order valence-corrected chi connectivity index (χ4v) is 1.01. The first kappa shape index (κ1) is 11.2. The molecule has 80 valence electrons. The van der Waals surface area contributed by atoms with Crippen molar-refractivity contribution in [3.63, 3.8) is 0 Å². The van der Waals surface area contributed by atoms with E-state index in [-0.39, 0.29) is 0 Å². The van der Waals surface area contributed by atoms with Crippen LogP contribution in [0.4, 0.5) is 0 Å². The Morgan fingerprint density at radius 1 is 1.57 bits per heavy atom. The second-order valence-corrected chi connectivity index (χ2v) is 3.72. The molecule has 0 spiro atoms. The summed E-state index contributed by atoms with van der Waals surface area (Å²) >= 11 is 0. The summed E-state index contributed by atoms with van der Waals surface area (Å²) in [6, 6.07) is 1.83. The van der Waals surface area contributed by atoms with Gasteiger partial charge in [0.15, 0.2) is 5.76 Å². The van der Waals surface area contributed by atoms with E-state index in [2.05, 4.69) is 19.0 Å². The van der Waals surface area contributed by atoms with Gasteiger partial charge in [-0.1, -0.05) is 19.0 Å². The van der Waals surface area contributed by atoms with Crippen LogP contribution in [0.2, 0.25) is 0 Å². The van der Waals surface area contributed by atoms with E-state index in [1.807, 2.05) is 6.07 Å². The van der Waals surface area contributed by atoms with Crippen LogP contribution in [0.25, 0.3) is 0 Å². The molecule has 4 heteroatoms. The van der Waals surface area contributed by atoms with Crippen LogP contribution in [0.1, 0.15) is 31.7 Å². The highest BCUT2D eigenvalue weighted by Crippen LogP contribution is 2.06. The monoisotopic (exact) mass is 198 g/mol. The van der Waals surface area contributed by atoms with E-state index in [0.717, 1.165) is 24.5 Å². The Morgan fingerprint density at radius 2 is 2.36 bits per heavy atom. The first-order chi connectivity index (χ1) is 6.72. The number of nitrogens with two attached hydrogens (primary N) is 1. The molecule has 0 aromatic carbocycles. The Bertz CT molecular complexity index is 258. The van der Waals surface area contributed by atoms with Crippen LogP contribution < -0.4 is 5.73 Å². The largest absolute Gasteiger partial charge is 0.373 e. The van der Waals surface area contributed by atoms with Gasteiger partial charge in [-0.15, -0.1) is 0 Å². The SMILES string of the molecule is CC(C)CCOCc1cc(CN)no1. The van der Waals surface area contributed by atoms with E-state index in [1.165, 1.54) is 0 Å². The maximum absolute atomic E-state index is 5.41. The lowest BCUT2D eigenvalue weighted by Gasteiger charge is -2.03. The van der Waals surface area contributed by atoms with Gasteiger partial charge in [0, 0.05) is 19.2 Å². The fourth-order valence-electron chi connectivity index (χ4n) is 1.01. The second kappa shape index (κ2) is 5.78. The number of rotatable bonds is 6. The van der Waals surface area contributed by atoms with Gasteiger partial charge in [0.2, 0.25) is 0 Å². The van der Waals surface area contributed by atoms with Crippen molar-refractivity contribution in [3.05, 3.63) is 17.5 Å². The van der Waals surface area contributed by atoms with Gasteiger partial charge in [-0.05, 0) is 12.3 Å². The molecular formula is C10H18N2O2. The maximum Gasteiger partial charge on any atom is 0.162 e. The van der Waals surface area contributed by atoms with Crippen LogP contribution in [0.15, 0.2) is 10.6 Å². The Labute approximate surface area is 84.4 Å². The summed E-state index contributed by atoms with van der Waals surface area (Å²) in [6.07, 6.45) is 1.07. The lowest BCUT2D eigenvalue weighted by molar-refractivity contribution is 0.0925. The predicted octanol–water partition coefficient (Wildman–Crippen LogP) is 1.70. The Kier molecular flexibility index (Phi) is 4.62. The van der Waals surface area contributed by atoms with Crippen molar-refractivity contribution in [1.82, 2.24) is 5.16 Å². The third-order valence-electron chi connectivity index (χ3n) is 1.90. The minimum atomic E-state index is 0.412. The van der Waals surface area contributed by atoms with Gasteiger partial charge < -0.3 is 15.0 Å². The van der Waals surface area contributed by atoms with E-state index in [0.29, 0.717) is 19.1 Å². The van der Waals surface area contributed by atoms with Crippen molar-refractivity contribution in [2.24, 2.45) is 11.7 Å². The molecule has 0 saturated heterocycles. The number of hydrogen-bond donors (Lipinski definition) is 1. The summed E-state index contributed by atoms with van der Waals surface area (Å²) in [5, 5.41) is 3.77. The predicted molar refractivity (Wildman–Crippen MR) is 53.5 cm³/mol. The molecular weight excluding hydrogens is 180 g/mol. The van der Waals surface area contributed by atoms with Crippen molar-refractivity contribution in [1.29, 1.82) is 0 Å². The molecule has 0 amide bonds. The zero-order chi connectivity index (χ0) is 10.4. The summed E-state index contributed by atoms with van der Waals surface area (Å²) < 4.78 is 10.4. The summed E-state index contributed by atoms with van der Waals surface area (Å²) in [4.78, 5) is 0. The van der Waals surface area contributed by atoms with Crippen molar-refractivity contribution < 1.29 is 9.26 Å². The van der Waals surface area contributed by atoms with Gasteiger partial charge in [0.1, 0.15) is 6.61 Å². The highest BCUT2D eigenvalue weighted by atomic mass is 16.5. The summed E-state index contributed by atoms with van der Waals surface area (Å²) in [7, 11) is 0. The van der Waals surface area contributed by atoms with Gasteiger partial charge in [-0.2, -0.15) is 0 Å². The third kappa shape index (κ3) is 3.89. The minimum absolute atomic E-state index is 0.412. The van der Waals surface area contributed by atoms with Crippen LogP contribution in [0.5, 0.6) is 0 Å². The average molecular weight is 198 g/mol. The summed E-state index contributed by atoms with van der Waals surface area (Å²) in [5.74, 6) is 1.42. The van der Waals surface area contributed by atoms with E-state index >= 15 is 0 Å². The van der Waals surface area contributed by atoms with Crippen molar-refractivity contribution >= 4 is 0 Å². The lowest BCUT2D eigenvalue weighted by atomic mass is 10.1. The summed E-state index contributed by atoms with van der Waals surface area (Å²) in [5.41, 5.74) is 6.17. The minimum Gasteiger partial charge on any atom is -0.373 e. The van der Waals surface area contributed by atoms with Crippen LogP contribution in [0.3, 0.4) is 0 Å². The molecule has 0 aliphatic heterocycles. The van der Waals surface area contributed by atoms with Gasteiger partial charge in [0.05, 0.1) is 5.69 Å². The zero-order valence-corrected chi connectivity index (χ0v) is 8.82. The molecule has 0 saturated carbocycles. The smallest absolute Gasteiger partial charge is 0.162 e. The van der Waals surface area contributed by atoms with Gasteiger partial charge in [-0.25, -0.2) is 0 Å². The Hall–Kier alpha value is -0.870. The molecule has 0 atom stereocenters. The standard InChI is InChI=1S/C10H18N2O2/c1-8(2)3-4-13-7-10-5-9(6-11)12-14-10/h5,8H,3-4,6-7,11H2,1-2H3. The van der Waals surface area contributed by atoms with Gasteiger partial charge in [0.25, 0.3) is 0 Å². The average Bonchev–Trinajstić information content (AvgIpc) is 2.60. The second-order valence-electron chi connectivity index (χ2n) is 3.72. The van der Waals surface area contributed by atoms with E-state index < -0.39 is 0 Å². The molecule has 0 aliphatic carbocycles. The molecule has 14 heavy (non-hydrogen) atoms. The topological polar surface area (TPSA) is 61.3 Å². The van der Waals surface area contributed by atoms with Crippen molar-refractivity contribution in [2.75, 3.05) is 6.61 Å². The Balaban J connectivity index is 2.18. The highest BCUT2D eigenvalue weighted by Gasteiger charge is 2.02. The van der Waals surface area contributed by atoms with Crippen LogP contribution >= 0.6 is 0 Å². The molecule has 2 N–H and O–H groups in total. The number of hydrogen-bond acceptors (Lipinski definition) is 4. The number of ether oxygens (including phenoxy) is 1. The molecule has 1 aromatic rings. The molecule has 1 heterocycles. The van der Waals surface area contributed by atoms with E-state index in [9.17, 15) is 0 Å². The van der Waals surface area contributed by atoms with E-state index in [4.69, 9.17) is 15.0 Å². The summed E-state index contributed by atoms with van der Waals surface area (Å²) in [6.45, 7) is 6.00. The molecule has 0 aliphatic rings. The molecule has 0 unspecified atom stereocenters. The van der Waals surface area contributed by atoms with Crippen molar-refractivity contribution in [3.8, 4) is 0 Å². The molecule has 1 aromatic heterocycles. The van der Waals surface area contributed by atoms with Gasteiger partial charge >= 0.3 is 0 Å².